The molecule has 1 saturated carbocycles. The van der Waals surface area contributed by atoms with E-state index >= 15 is 0 Å². The molecule has 4 nitrogen and oxygen atoms in total. The Kier molecular flexibility index (Phi) is 4.62. The van der Waals surface area contributed by atoms with Gasteiger partial charge in [-0.05, 0) is 36.5 Å². The Morgan fingerprint density at radius 2 is 2.10 bits per heavy atom. The van der Waals surface area contributed by atoms with Crippen molar-refractivity contribution in [3.63, 3.8) is 0 Å². The van der Waals surface area contributed by atoms with E-state index < -0.39 is 0 Å². The molecular formula is C16H21N3O. The van der Waals surface area contributed by atoms with Gasteiger partial charge in [0.1, 0.15) is 0 Å². The summed E-state index contributed by atoms with van der Waals surface area (Å²) in [5.41, 5.74) is 7.54. The van der Waals surface area contributed by atoms with Crippen LogP contribution in [0.25, 0.3) is 0 Å². The Bertz CT molecular complexity index is 499. The van der Waals surface area contributed by atoms with Crippen LogP contribution in [0.1, 0.15) is 44.1 Å². The van der Waals surface area contributed by atoms with Crippen molar-refractivity contribution in [1.82, 2.24) is 4.90 Å². The van der Waals surface area contributed by atoms with E-state index in [1.165, 1.54) is 0 Å². The summed E-state index contributed by atoms with van der Waals surface area (Å²) in [6.07, 6.45) is 3.06. The molecule has 0 heterocycles. The molecule has 2 rings (SSSR count). The molecule has 1 unspecified atom stereocenters. The van der Waals surface area contributed by atoms with E-state index in [2.05, 4.69) is 13.0 Å². The lowest BCUT2D eigenvalue weighted by atomic mass is 9.97. The number of hydrogen-bond donors (Lipinski definition) is 1. The molecule has 1 aromatic carbocycles. The van der Waals surface area contributed by atoms with Gasteiger partial charge in [0.2, 0.25) is 5.91 Å². The molecule has 1 aromatic rings. The van der Waals surface area contributed by atoms with Gasteiger partial charge < -0.3 is 10.6 Å². The Hall–Kier alpha value is -2.02. The average Bonchev–Trinajstić information content (AvgIpc) is 3.24. The number of amides is 1. The first-order valence-electron chi connectivity index (χ1n) is 7.13. The second kappa shape index (κ2) is 6.42. The van der Waals surface area contributed by atoms with E-state index in [0.717, 1.165) is 24.1 Å². The molecule has 1 aliphatic carbocycles. The second-order valence-electron chi connectivity index (χ2n) is 5.50. The predicted octanol–water partition coefficient (Wildman–Crippen LogP) is 2.67. The third-order valence-electron chi connectivity index (χ3n) is 3.76. The number of hydrogen-bond acceptors (Lipinski definition) is 3. The van der Waals surface area contributed by atoms with Gasteiger partial charge in [-0.1, -0.05) is 19.1 Å². The zero-order valence-corrected chi connectivity index (χ0v) is 11.9. The van der Waals surface area contributed by atoms with E-state index in [0.29, 0.717) is 25.4 Å². The summed E-state index contributed by atoms with van der Waals surface area (Å²) in [5, 5.41) is 8.69. The first-order chi connectivity index (χ1) is 9.61. The smallest absolute Gasteiger partial charge is 0.223 e. The minimum absolute atomic E-state index is 0.159. The molecule has 20 heavy (non-hydrogen) atoms. The van der Waals surface area contributed by atoms with Gasteiger partial charge in [-0.25, -0.2) is 0 Å². The van der Waals surface area contributed by atoms with Crippen LogP contribution in [0.5, 0.6) is 0 Å². The summed E-state index contributed by atoms with van der Waals surface area (Å²) in [4.78, 5) is 14.3. The number of carbonyl (C=O) groups excluding carboxylic acids is 1. The first-order valence-corrected chi connectivity index (χ1v) is 7.13. The van der Waals surface area contributed by atoms with Gasteiger partial charge in [0.15, 0.2) is 0 Å². The third-order valence-corrected chi connectivity index (χ3v) is 3.76. The fourth-order valence-corrected chi connectivity index (χ4v) is 2.39. The van der Waals surface area contributed by atoms with Crippen LogP contribution in [0.3, 0.4) is 0 Å². The zero-order chi connectivity index (χ0) is 14.5. The molecule has 1 amide bonds. The normalized spacial score (nSPS) is 15.4. The van der Waals surface area contributed by atoms with Crippen LogP contribution >= 0.6 is 0 Å². The molecule has 0 saturated heterocycles. The summed E-state index contributed by atoms with van der Waals surface area (Å²) < 4.78 is 0. The maximum atomic E-state index is 12.4. The number of carbonyl (C=O) groups is 1. The Morgan fingerprint density at radius 3 is 2.65 bits per heavy atom. The molecule has 4 heteroatoms. The van der Waals surface area contributed by atoms with Gasteiger partial charge in [-0.2, -0.15) is 5.26 Å². The largest absolute Gasteiger partial charge is 0.399 e. The summed E-state index contributed by atoms with van der Waals surface area (Å²) in [6.45, 7) is 2.62. The molecule has 1 atom stereocenters. The van der Waals surface area contributed by atoms with Crippen molar-refractivity contribution >= 4 is 11.6 Å². The average molecular weight is 271 g/mol. The third kappa shape index (κ3) is 3.74. The number of anilines is 1. The molecule has 0 radical (unpaired) electrons. The van der Waals surface area contributed by atoms with Crippen LogP contribution in [-0.4, -0.2) is 23.4 Å². The molecule has 106 valence electrons. The highest BCUT2D eigenvalue weighted by atomic mass is 16.2. The van der Waals surface area contributed by atoms with E-state index in [4.69, 9.17) is 11.0 Å². The second-order valence-corrected chi connectivity index (χ2v) is 5.50. The predicted molar refractivity (Wildman–Crippen MR) is 78.9 cm³/mol. The number of nitrogen functional groups attached to an aromatic ring is 1. The zero-order valence-electron chi connectivity index (χ0n) is 11.9. The van der Waals surface area contributed by atoms with Gasteiger partial charge in [0.05, 0.1) is 12.5 Å². The highest BCUT2D eigenvalue weighted by molar-refractivity contribution is 5.77. The van der Waals surface area contributed by atoms with Gasteiger partial charge in [0, 0.05) is 24.7 Å². The highest BCUT2D eigenvalue weighted by Crippen LogP contribution is 2.29. The Balaban J connectivity index is 1.95. The molecular weight excluding hydrogens is 250 g/mol. The van der Waals surface area contributed by atoms with Crippen LogP contribution in [0, 0.1) is 11.3 Å². The molecule has 1 fully saturated rings. The number of rotatable bonds is 6. The van der Waals surface area contributed by atoms with Gasteiger partial charge in [0.25, 0.3) is 0 Å². The molecule has 0 bridgehead atoms. The lowest BCUT2D eigenvalue weighted by molar-refractivity contribution is -0.132. The van der Waals surface area contributed by atoms with Crippen molar-refractivity contribution in [2.24, 2.45) is 0 Å². The van der Waals surface area contributed by atoms with Crippen LogP contribution in [0.15, 0.2) is 24.3 Å². The van der Waals surface area contributed by atoms with Crippen molar-refractivity contribution in [3.05, 3.63) is 29.8 Å². The lowest BCUT2D eigenvalue weighted by Crippen LogP contribution is -2.34. The minimum Gasteiger partial charge on any atom is -0.399 e. The monoisotopic (exact) mass is 271 g/mol. The van der Waals surface area contributed by atoms with Crippen molar-refractivity contribution in [1.29, 1.82) is 5.26 Å². The number of benzene rings is 1. The number of nitriles is 1. The van der Waals surface area contributed by atoms with Gasteiger partial charge in [-0.15, -0.1) is 0 Å². The molecule has 0 aromatic heterocycles. The van der Waals surface area contributed by atoms with Crippen LogP contribution in [-0.2, 0) is 4.79 Å². The van der Waals surface area contributed by atoms with Crippen molar-refractivity contribution in [2.75, 3.05) is 12.3 Å². The molecule has 2 N–H and O–H groups in total. The quantitative estimate of drug-likeness (QED) is 0.809. The van der Waals surface area contributed by atoms with Crippen LogP contribution in [0.4, 0.5) is 5.69 Å². The highest BCUT2D eigenvalue weighted by Gasteiger charge is 2.32. The molecule has 0 spiro atoms. The van der Waals surface area contributed by atoms with E-state index in [1.807, 2.05) is 29.2 Å². The van der Waals surface area contributed by atoms with Crippen molar-refractivity contribution in [3.8, 4) is 6.07 Å². The van der Waals surface area contributed by atoms with E-state index in [9.17, 15) is 4.79 Å². The maximum Gasteiger partial charge on any atom is 0.223 e. The number of nitrogens with two attached hydrogens (primary N) is 1. The van der Waals surface area contributed by atoms with Crippen LogP contribution < -0.4 is 5.73 Å². The minimum atomic E-state index is 0.159. The first kappa shape index (κ1) is 14.4. The SMILES string of the molecule is CC(CC(=O)N(CCC#N)C1CC1)c1ccc(N)cc1. The van der Waals surface area contributed by atoms with Crippen LogP contribution in [0.2, 0.25) is 0 Å². The fourth-order valence-electron chi connectivity index (χ4n) is 2.39. The number of nitrogens with zero attached hydrogens (tertiary/aromatic N) is 2. The summed E-state index contributed by atoms with van der Waals surface area (Å²) in [7, 11) is 0. The van der Waals surface area contributed by atoms with E-state index in [-0.39, 0.29) is 11.8 Å². The van der Waals surface area contributed by atoms with Crippen molar-refractivity contribution in [2.45, 2.75) is 44.6 Å². The Morgan fingerprint density at radius 1 is 1.45 bits per heavy atom. The molecule has 0 aliphatic heterocycles. The Labute approximate surface area is 120 Å². The van der Waals surface area contributed by atoms with Crippen molar-refractivity contribution < 1.29 is 4.79 Å². The maximum absolute atomic E-state index is 12.4. The van der Waals surface area contributed by atoms with E-state index in [1.54, 1.807) is 0 Å². The summed E-state index contributed by atoms with van der Waals surface area (Å²) >= 11 is 0. The summed E-state index contributed by atoms with van der Waals surface area (Å²) in [6, 6.07) is 10.2. The lowest BCUT2D eigenvalue weighted by Gasteiger charge is -2.23. The summed E-state index contributed by atoms with van der Waals surface area (Å²) in [5.74, 6) is 0.332. The van der Waals surface area contributed by atoms with Gasteiger partial charge >= 0.3 is 0 Å². The standard InChI is InChI=1S/C16H21N3O/c1-12(13-3-5-14(18)6-4-13)11-16(20)19(10-2-9-17)15-7-8-15/h3-6,12,15H,2,7-8,10-11,18H2,1H3. The molecule has 1 aliphatic rings. The topological polar surface area (TPSA) is 70.1 Å². The fraction of sp³-hybridized carbons (Fsp3) is 0.500. The van der Waals surface area contributed by atoms with Gasteiger partial charge in [-0.3, -0.25) is 4.79 Å².